The van der Waals surface area contributed by atoms with Crippen molar-refractivity contribution in [3.63, 3.8) is 0 Å². The smallest absolute Gasteiger partial charge is 0.329 e. The molecule has 3 rings (SSSR count). The summed E-state index contributed by atoms with van der Waals surface area (Å²) in [5.74, 6) is 1.23. The van der Waals surface area contributed by atoms with Crippen molar-refractivity contribution in [2.45, 2.75) is 33.4 Å². The molecule has 0 aliphatic rings. The normalized spacial score (nSPS) is 12.3. The van der Waals surface area contributed by atoms with E-state index in [2.05, 4.69) is 9.97 Å². The van der Waals surface area contributed by atoms with Crippen LogP contribution >= 0.6 is 0 Å². The summed E-state index contributed by atoms with van der Waals surface area (Å²) >= 11 is 0. The molecule has 0 aliphatic heterocycles. The van der Waals surface area contributed by atoms with Gasteiger partial charge in [-0.05, 0) is 32.4 Å². The number of benzene rings is 1. The molecule has 0 radical (unpaired) electrons. The van der Waals surface area contributed by atoms with Crippen LogP contribution in [0.3, 0.4) is 0 Å². The van der Waals surface area contributed by atoms with Gasteiger partial charge in [0.25, 0.3) is 5.56 Å². The molecule has 0 spiro atoms. The zero-order valence-corrected chi connectivity index (χ0v) is 17.2. The number of ether oxygens (including phenoxy) is 1. The molecule has 2 heterocycles. The summed E-state index contributed by atoms with van der Waals surface area (Å²) in [4.78, 5) is 33.3. The first-order valence-corrected chi connectivity index (χ1v) is 9.68. The summed E-state index contributed by atoms with van der Waals surface area (Å²) in [7, 11) is 1.56. The number of aromatic amines is 1. The number of nitrogens with one attached hydrogen (secondary N) is 1. The Labute approximate surface area is 168 Å². The first-order chi connectivity index (χ1) is 13.9. The number of nitrogens with zero attached hydrogens (tertiary/aromatic N) is 4. The van der Waals surface area contributed by atoms with E-state index >= 15 is 0 Å². The molecule has 2 N–H and O–H groups in total. The molecule has 0 unspecified atom stereocenters. The average Bonchev–Trinajstić information content (AvgIpc) is 3.06. The van der Waals surface area contributed by atoms with E-state index < -0.39 is 17.4 Å². The van der Waals surface area contributed by atoms with Crippen LogP contribution in [0.2, 0.25) is 0 Å². The van der Waals surface area contributed by atoms with Gasteiger partial charge in [-0.1, -0.05) is 18.2 Å². The molecular formula is C20H27N5O4. The van der Waals surface area contributed by atoms with Crippen LogP contribution in [-0.4, -0.2) is 50.0 Å². The molecule has 0 bridgehead atoms. The average molecular weight is 401 g/mol. The Hall–Kier alpha value is -3.07. The number of aromatic nitrogens is 4. The van der Waals surface area contributed by atoms with Crippen molar-refractivity contribution in [2.24, 2.45) is 7.05 Å². The van der Waals surface area contributed by atoms with Crippen LogP contribution in [-0.2, 0) is 13.6 Å². The van der Waals surface area contributed by atoms with E-state index in [9.17, 15) is 14.7 Å². The molecular weight excluding hydrogens is 374 g/mol. The van der Waals surface area contributed by atoms with Crippen molar-refractivity contribution >= 4 is 17.1 Å². The van der Waals surface area contributed by atoms with Gasteiger partial charge in [0.05, 0.1) is 6.54 Å². The van der Waals surface area contributed by atoms with Crippen LogP contribution in [0.4, 0.5) is 5.95 Å². The molecule has 2 aromatic heterocycles. The van der Waals surface area contributed by atoms with Crippen molar-refractivity contribution in [3.05, 3.63) is 50.7 Å². The number of hydrogen-bond donors (Lipinski definition) is 2. The second-order valence-corrected chi connectivity index (χ2v) is 6.92. The quantitative estimate of drug-likeness (QED) is 0.584. The minimum Gasteiger partial charge on any atom is -0.491 e. The molecule has 0 saturated heterocycles. The zero-order chi connectivity index (χ0) is 21.1. The number of para-hydroxylation sites is 1. The number of H-pyrrole nitrogens is 1. The first-order valence-electron chi connectivity index (χ1n) is 9.68. The van der Waals surface area contributed by atoms with Crippen molar-refractivity contribution < 1.29 is 9.84 Å². The topological polar surface area (TPSA) is 105 Å². The number of anilines is 1. The van der Waals surface area contributed by atoms with Crippen LogP contribution in [0.15, 0.2) is 33.9 Å². The van der Waals surface area contributed by atoms with Gasteiger partial charge in [-0.15, -0.1) is 0 Å². The molecule has 9 heteroatoms. The minimum atomic E-state index is -0.877. The van der Waals surface area contributed by atoms with E-state index in [1.54, 1.807) is 11.6 Å². The molecule has 1 aromatic carbocycles. The van der Waals surface area contributed by atoms with Gasteiger partial charge < -0.3 is 19.3 Å². The molecule has 0 aliphatic carbocycles. The van der Waals surface area contributed by atoms with E-state index in [0.717, 1.165) is 5.56 Å². The summed E-state index contributed by atoms with van der Waals surface area (Å²) in [6.07, 6.45) is -0.877. The Kier molecular flexibility index (Phi) is 6.07. The summed E-state index contributed by atoms with van der Waals surface area (Å²) in [6, 6.07) is 7.57. The summed E-state index contributed by atoms with van der Waals surface area (Å²) in [6.45, 7) is 7.40. The highest BCUT2D eigenvalue weighted by Gasteiger charge is 2.22. The van der Waals surface area contributed by atoms with Crippen LogP contribution in [0.5, 0.6) is 5.75 Å². The van der Waals surface area contributed by atoms with Crippen LogP contribution in [0.25, 0.3) is 11.2 Å². The highest BCUT2D eigenvalue weighted by atomic mass is 16.5. The number of aliphatic hydroxyl groups is 1. The van der Waals surface area contributed by atoms with Crippen molar-refractivity contribution in [1.82, 2.24) is 19.1 Å². The number of aliphatic hydroxyl groups excluding tert-OH is 1. The number of aryl methyl sites for hydroxylation is 2. The van der Waals surface area contributed by atoms with Crippen LogP contribution < -0.4 is 20.9 Å². The van der Waals surface area contributed by atoms with Crippen LogP contribution in [0.1, 0.15) is 19.4 Å². The Morgan fingerprint density at radius 1 is 1.24 bits per heavy atom. The summed E-state index contributed by atoms with van der Waals surface area (Å²) < 4.78 is 8.71. The standard InChI is InChI=1S/C20H27N5O4/c1-5-24(6-2)19-21-17-16(18(27)22-20(28)23(17)4)25(19)11-14(26)12-29-15-10-8-7-9-13(15)3/h7-10,14,26H,5-6,11-12H2,1-4H3,(H,22,27,28)/t14-/m0/s1. The van der Waals surface area contributed by atoms with Gasteiger partial charge in [0.15, 0.2) is 11.2 Å². The summed E-state index contributed by atoms with van der Waals surface area (Å²) in [5.41, 5.74) is 0.461. The lowest BCUT2D eigenvalue weighted by Crippen LogP contribution is -2.32. The zero-order valence-electron chi connectivity index (χ0n) is 17.2. The SMILES string of the molecule is CCN(CC)c1nc2c(c(=O)[nH]c(=O)n2C)n1C[C@H](O)COc1ccccc1C. The van der Waals surface area contributed by atoms with Gasteiger partial charge in [-0.2, -0.15) is 4.98 Å². The van der Waals surface area contributed by atoms with Crippen molar-refractivity contribution in [2.75, 3.05) is 24.6 Å². The third kappa shape index (κ3) is 4.04. The molecule has 1 atom stereocenters. The molecule has 0 amide bonds. The van der Waals surface area contributed by atoms with E-state index in [1.165, 1.54) is 4.57 Å². The van der Waals surface area contributed by atoms with Crippen LogP contribution in [0, 0.1) is 6.92 Å². The second kappa shape index (κ2) is 8.52. The predicted molar refractivity (Wildman–Crippen MR) is 112 cm³/mol. The number of imidazole rings is 1. The maximum Gasteiger partial charge on any atom is 0.329 e. The Morgan fingerprint density at radius 3 is 2.59 bits per heavy atom. The van der Waals surface area contributed by atoms with Crippen molar-refractivity contribution in [1.29, 1.82) is 0 Å². The fourth-order valence-corrected chi connectivity index (χ4v) is 3.31. The lowest BCUT2D eigenvalue weighted by atomic mass is 10.2. The third-order valence-corrected chi connectivity index (χ3v) is 4.95. The maximum absolute atomic E-state index is 12.5. The largest absolute Gasteiger partial charge is 0.491 e. The molecule has 0 saturated carbocycles. The summed E-state index contributed by atoms with van der Waals surface area (Å²) in [5, 5.41) is 10.6. The van der Waals surface area contributed by atoms with E-state index in [4.69, 9.17) is 4.74 Å². The van der Waals surface area contributed by atoms with E-state index in [-0.39, 0.29) is 24.3 Å². The highest BCUT2D eigenvalue weighted by Crippen LogP contribution is 2.21. The van der Waals surface area contributed by atoms with Gasteiger partial charge in [-0.3, -0.25) is 14.3 Å². The molecule has 156 valence electrons. The maximum atomic E-state index is 12.5. The lowest BCUT2D eigenvalue weighted by molar-refractivity contribution is 0.0933. The predicted octanol–water partition coefficient (Wildman–Crippen LogP) is 1.02. The first kappa shape index (κ1) is 20.7. The number of hydrogen-bond acceptors (Lipinski definition) is 6. The van der Waals surface area contributed by atoms with Gasteiger partial charge in [-0.25, -0.2) is 4.79 Å². The number of fused-ring (bicyclic) bond motifs is 1. The van der Waals surface area contributed by atoms with Gasteiger partial charge in [0.2, 0.25) is 5.95 Å². The monoisotopic (exact) mass is 401 g/mol. The molecule has 29 heavy (non-hydrogen) atoms. The number of rotatable bonds is 8. The third-order valence-electron chi connectivity index (χ3n) is 4.95. The van der Waals surface area contributed by atoms with Gasteiger partial charge in [0, 0.05) is 20.1 Å². The fourth-order valence-electron chi connectivity index (χ4n) is 3.31. The Morgan fingerprint density at radius 2 is 1.93 bits per heavy atom. The molecule has 3 aromatic rings. The van der Waals surface area contributed by atoms with E-state index in [1.807, 2.05) is 49.9 Å². The molecule has 0 fully saturated rings. The highest BCUT2D eigenvalue weighted by molar-refractivity contribution is 5.74. The van der Waals surface area contributed by atoms with Crippen molar-refractivity contribution in [3.8, 4) is 5.75 Å². The fraction of sp³-hybridized carbons (Fsp3) is 0.450. The van der Waals surface area contributed by atoms with Gasteiger partial charge in [0.1, 0.15) is 18.5 Å². The Balaban J connectivity index is 1.97. The van der Waals surface area contributed by atoms with E-state index in [0.29, 0.717) is 24.8 Å². The Bertz CT molecular complexity index is 1110. The lowest BCUT2D eigenvalue weighted by Gasteiger charge is -2.22. The van der Waals surface area contributed by atoms with Gasteiger partial charge >= 0.3 is 5.69 Å². The second-order valence-electron chi connectivity index (χ2n) is 6.92. The minimum absolute atomic E-state index is 0.0614. The molecule has 9 nitrogen and oxygen atoms in total.